The molecule has 1 rings (SSSR count). The monoisotopic (exact) mass is 382 g/mol. The second-order valence-electron chi connectivity index (χ2n) is 6.67. The van der Waals surface area contributed by atoms with E-state index in [1.165, 1.54) is 5.56 Å². The van der Waals surface area contributed by atoms with Gasteiger partial charge in [0, 0.05) is 18.7 Å². The van der Waals surface area contributed by atoms with Crippen molar-refractivity contribution in [2.24, 2.45) is 0 Å². The number of alkyl halides is 1. The molecule has 4 nitrogen and oxygen atoms in total. The largest absolute Gasteiger partial charge is 0.355 e. The molecule has 0 fully saturated rings. The Balaban J connectivity index is 2.38. The zero-order valence-corrected chi connectivity index (χ0v) is 16.0. The number of hydrogen-bond acceptors (Lipinski definition) is 2. The van der Waals surface area contributed by atoms with Gasteiger partial charge in [0.15, 0.2) is 0 Å². The first kappa shape index (κ1) is 19.7. The minimum absolute atomic E-state index is 0.0609. The van der Waals surface area contributed by atoms with Crippen molar-refractivity contribution in [2.75, 3.05) is 11.9 Å². The van der Waals surface area contributed by atoms with Crippen LogP contribution in [0.4, 0.5) is 5.69 Å². The van der Waals surface area contributed by atoms with Crippen LogP contribution in [0.15, 0.2) is 24.3 Å². The fourth-order valence-corrected chi connectivity index (χ4v) is 2.69. The van der Waals surface area contributed by atoms with Crippen molar-refractivity contribution < 1.29 is 9.59 Å². The summed E-state index contributed by atoms with van der Waals surface area (Å²) in [5, 5.41) is 5.61. The number of carbonyl (C=O) groups excluding carboxylic acids is 2. The van der Waals surface area contributed by atoms with E-state index in [2.05, 4.69) is 47.3 Å². The van der Waals surface area contributed by atoms with E-state index in [9.17, 15) is 9.59 Å². The maximum Gasteiger partial charge on any atom is 0.233 e. The Kier molecular flexibility index (Phi) is 7.76. The van der Waals surface area contributed by atoms with Gasteiger partial charge < -0.3 is 10.6 Å². The van der Waals surface area contributed by atoms with Gasteiger partial charge in [0.25, 0.3) is 0 Å². The third kappa shape index (κ3) is 7.16. The van der Waals surface area contributed by atoms with Crippen molar-refractivity contribution >= 4 is 33.4 Å². The lowest BCUT2D eigenvalue weighted by molar-refractivity contribution is -0.120. The van der Waals surface area contributed by atoms with Crippen LogP contribution in [0.3, 0.4) is 0 Å². The zero-order valence-electron chi connectivity index (χ0n) is 14.4. The highest BCUT2D eigenvalue weighted by Gasteiger charge is 2.14. The van der Waals surface area contributed by atoms with Crippen LogP contribution >= 0.6 is 15.9 Å². The predicted octanol–water partition coefficient (Wildman–Crippen LogP) is 3.99. The van der Waals surface area contributed by atoms with Crippen molar-refractivity contribution in [1.82, 2.24) is 5.32 Å². The first-order chi connectivity index (χ1) is 10.7. The zero-order chi connectivity index (χ0) is 17.5. The number of halogens is 1. The van der Waals surface area contributed by atoms with E-state index in [-0.39, 0.29) is 28.5 Å². The average Bonchev–Trinajstić information content (AvgIpc) is 2.47. The second kappa shape index (κ2) is 9.06. The molecule has 0 saturated carbocycles. The summed E-state index contributed by atoms with van der Waals surface area (Å²) in [6.07, 6.45) is 1.99. The van der Waals surface area contributed by atoms with Gasteiger partial charge in [-0.1, -0.05) is 62.2 Å². The van der Waals surface area contributed by atoms with Crippen molar-refractivity contribution in [3.63, 3.8) is 0 Å². The molecule has 0 spiro atoms. The van der Waals surface area contributed by atoms with Gasteiger partial charge in [-0.2, -0.15) is 0 Å². The number of amides is 2. The van der Waals surface area contributed by atoms with Crippen molar-refractivity contribution in [3.05, 3.63) is 29.8 Å². The van der Waals surface area contributed by atoms with Crippen LogP contribution in [-0.2, 0) is 15.0 Å². The first-order valence-corrected chi connectivity index (χ1v) is 8.97. The topological polar surface area (TPSA) is 58.2 Å². The molecule has 0 aliphatic heterocycles. The molecule has 2 N–H and O–H groups in total. The van der Waals surface area contributed by atoms with Crippen LogP contribution in [0, 0.1) is 0 Å². The molecule has 5 heteroatoms. The van der Waals surface area contributed by atoms with E-state index >= 15 is 0 Å². The molecule has 0 aliphatic carbocycles. The summed E-state index contributed by atoms with van der Waals surface area (Å²) in [5.74, 6) is -0.162. The van der Waals surface area contributed by atoms with Gasteiger partial charge >= 0.3 is 0 Å². The molecule has 1 aromatic rings. The van der Waals surface area contributed by atoms with Gasteiger partial charge in [0.2, 0.25) is 11.8 Å². The third-order valence-corrected chi connectivity index (χ3v) is 4.39. The molecule has 2 amide bonds. The molecule has 0 aromatic heterocycles. The lowest BCUT2D eigenvalue weighted by Gasteiger charge is -2.19. The minimum Gasteiger partial charge on any atom is -0.355 e. The normalized spacial score (nSPS) is 12.6. The summed E-state index contributed by atoms with van der Waals surface area (Å²) in [5.41, 5.74) is 2.10. The molecule has 1 aromatic carbocycles. The van der Waals surface area contributed by atoms with E-state index < -0.39 is 0 Å². The van der Waals surface area contributed by atoms with Gasteiger partial charge in [0.1, 0.15) is 0 Å². The van der Waals surface area contributed by atoms with Gasteiger partial charge in [0.05, 0.1) is 4.83 Å². The van der Waals surface area contributed by atoms with Crippen LogP contribution in [0.2, 0.25) is 0 Å². The Hall–Kier alpha value is -1.36. The van der Waals surface area contributed by atoms with Crippen molar-refractivity contribution in [1.29, 1.82) is 0 Å². The molecule has 0 radical (unpaired) electrons. The first-order valence-electron chi connectivity index (χ1n) is 8.06. The van der Waals surface area contributed by atoms with Crippen LogP contribution in [0.25, 0.3) is 0 Å². The molecule has 1 unspecified atom stereocenters. The van der Waals surface area contributed by atoms with E-state index in [1.807, 2.05) is 31.2 Å². The molecule has 23 heavy (non-hydrogen) atoms. The average molecular weight is 383 g/mol. The minimum atomic E-state index is -0.180. The van der Waals surface area contributed by atoms with Crippen molar-refractivity contribution in [3.8, 4) is 0 Å². The summed E-state index contributed by atoms with van der Waals surface area (Å²) < 4.78 is 0. The highest BCUT2D eigenvalue weighted by atomic mass is 79.9. The second-order valence-corrected chi connectivity index (χ2v) is 7.78. The number of nitrogens with one attached hydrogen (secondary N) is 2. The highest BCUT2D eigenvalue weighted by molar-refractivity contribution is 9.10. The fraction of sp³-hybridized carbons (Fsp3) is 0.556. The van der Waals surface area contributed by atoms with Crippen LogP contribution in [0.5, 0.6) is 0 Å². The molecule has 0 saturated heterocycles. The van der Waals surface area contributed by atoms with Crippen molar-refractivity contribution in [2.45, 2.75) is 57.2 Å². The molecular formula is C18H27BrN2O2. The van der Waals surface area contributed by atoms with Crippen LogP contribution in [-0.4, -0.2) is 23.2 Å². The lowest BCUT2D eigenvalue weighted by Crippen LogP contribution is -2.33. The Morgan fingerprint density at radius 1 is 1.17 bits per heavy atom. The summed E-state index contributed by atoms with van der Waals surface area (Å²) in [4.78, 5) is 23.4. The highest BCUT2D eigenvalue weighted by Crippen LogP contribution is 2.23. The number of anilines is 1. The van der Waals surface area contributed by atoms with E-state index in [0.717, 1.165) is 18.5 Å². The molecular weight excluding hydrogens is 356 g/mol. The lowest BCUT2D eigenvalue weighted by atomic mass is 9.87. The van der Waals surface area contributed by atoms with Crippen LogP contribution in [0.1, 0.15) is 52.5 Å². The van der Waals surface area contributed by atoms with E-state index in [4.69, 9.17) is 0 Å². The van der Waals surface area contributed by atoms with E-state index in [0.29, 0.717) is 6.54 Å². The Morgan fingerprint density at radius 2 is 1.78 bits per heavy atom. The predicted molar refractivity (Wildman–Crippen MR) is 99.0 cm³/mol. The quantitative estimate of drug-likeness (QED) is 0.700. The molecule has 128 valence electrons. The maximum absolute atomic E-state index is 11.9. The smallest absolute Gasteiger partial charge is 0.233 e. The number of rotatable bonds is 7. The third-order valence-electron chi connectivity index (χ3n) is 3.51. The Labute approximate surface area is 147 Å². The summed E-state index contributed by atoms with van der Waals surface area (Å²) >= 11 is 3.33. The molecule has 0 heterocycles. The molecule has 1 atom stereocenters. The molecule has 0 aliphatic rings. The standard InChI is InChI=1S/C18H27BrN2O2/c1-5-6-15(19)17(23)20-12-11-16(22)21-14-9-7-13(8-10-14)18(2,3)4/h7-10,15H,5-6,11-12H2,1-4H3,(H,20,23)(H,21,22). The van der Waals surface area contributed by atoms with E-state index in [1.54, 1.807) is 0 Å². The van der Waals surface area contributed by atoms with Gasteiger partial charge in [-0.05, 0) is 29.5 Å². The van der Waals surface area contributed by atoms with Gasteiger partial charge in [-0.15, -0.1) is 0 Å². The Morgan fingerprint density at radius 3 is 2.30 bits per heavy atom. The SMILES string of the molecule is CCCC(Br)C(=O)NCCC(=O)Nc1ccc(C(C)(C)C)cc1. The summed E-state index contributed by atoms with van der Waals surface area (Å²) in [6.45, 7) is 8.83. The maximum atomic E-state index is 11.9. The fourth-order valence-electron chi connectivity index (χ4n) is 2.07. The van der Waals surface area contributed by atoms with Gasteiger partial charge in [-0.3, -0.25) is 9.59 Å². The van der Waals surface area contributed by atoms with Crippen LogP contribution < -0.4 is 10.6 Å². The number of benzene rings is 1. The van der Waals surface area contributed by atoms with Gasteiger partial charge in [-0.25, -0.2) is 0 Å². The number of carbonyl (C=O) groups is 2. The summed E-state index contributed by atoms with van der Waals surface area (Å²) in [6, 6.07) is 7.87. The molecule has 0 bridgehead atoms. The Bertz CT molecular complexity index is 521. The summed E-state index contributed by atoms with van der Waals surface area (Å²) in [7, 11) is 0. The number of hydrogen-bond donors (Lipinski definition) is 2.